The van der Waals surface area contributed by atoms with E-state index in [0.29, 0.717) is 13.2 Å². The van der Waals surface area contributed by atoms with Crippen LogP contribution in [0.5, 0.6) is 0 Å². The van der Waals surface area contributed by atoms with Crippen LogP contribution in [0.25, 0.3) is 0 Å². The van der Waals surface area contributed by atoms with Gasteiger partial charge < -0.3 is 56.8 Å². The molecule has 2 aliphatic heterocycles. The molecule has 15 heteroatoms. The largest absolute Gasteiger partial charge is 0.382 e. The standard InChI is InChI=1S/2C11H22O6.C5H5NO2/c2*1-12-6-7-8(13-2)9(14-3)10(15-4)11(16-5)17-7;1-4(2)5(8)6-3-7/h2*7-11H,6H2,1-5H3;1H2,2H3. The van der Waals surface area contributed by atoms with Crippen LogP contribution < -0.4 is 0 Å². The van der Waals surface area contributed by atoms with E-state index in [1.54, 1.807) is 71.1 Å². The first-order valence-corrected chi connectivity index (χ1v) is 12.9. The molecule has 2 rings (SSSR count). The van der Waals surface area contributed by atoms with Crippen LogP contribution >= 0.6 is 0 Å². The van der Waals surface area contributed by atoms with E-state index in [0.717, 1.165) is 6.08 Å². The van der Waals surface area contributed by atoms with Crippen molar-refractivity contribution in [3.05, 3.63) is 12.2 Å². The van der Waals surface area contributed by atoms with Gasteiger partial charge in [-0.15, -0.1) is 4.99 Å². The van der Waals surface area contributed by atoms with Gasteiger partial charge in [-0.2, -0.15) is 0 Å². The second kappa shape index (κ2) is 22.8. The van der Waals surface area contributed by atoms with E-state index in [1.165, 1.54) is 6.92 Å². The molecular formula is C27H49NO14. The highest BCUT2D eigenvalue weighted by Gasteiger charge is 2.48. The van der Waals surface area contributed by atoms with E-state index < -0.39 is 18.5 Å². The molecule has 2 saturated heterocycles. The van der Waals surface area contributed by atoms with E-state index in [-0.39, 0.29) is 54.4 Å². The summed E-state index contributed by atoms with van der Waals surface area (Å²) in [6.07, 6.45) is -2.04. The second-order valence-electron chi connectivity index (χ2n) is 8.96. The minimum absolute atomic E-state index is 0.244. The quantitative estimate of drug-likeness (QED) is 0.161. The van der Waals surface area contributed by atoms with Crippen LogP contribution in [-0.4, -0.2) is 158 Å². The molecule has 2 heterocycles. The summed E-state index contributed by atoms with van der Waals surface area (Å²) >= 11 is 0. The number of ether oxygens (including phenoxy) is 12. The van der Waals surface area contributed by atoms with Gasteiger partial charge in [-0.3, -0.25) is 4.79 Å². The Labute approximate surface area is 248 Å². The van der Waals surface area contributed by atoms with Crippen molar-refractivity contribution in [1.29, 1.82) is 0 Å². The lowest BCUT2D eigenvalue weighted by Gasteiger charge is -2.44. The molecular weight excluding hydrogens is 562 g/mol. The number of hydrogen-bond acceptors (Lipinski definition) is 14. The van der Waals surface area contributed by atoms with E-state index in [1.807, 2.05) is 0 Å². The number of methoxy groups -OCH3 is 10. The van der Waals surface area contributed by atoms with Crippen LogP contribution in [0, 0.1) is 0 Å². The zero-order chi connectivity index (χ0) is 32.2. The van der Waals surface area contributed by atoms with Crippen molar-refractivity contribution in [2.24, 2.45) is 4.99 Å². The maximum atomic E-state index is 10.2. The summed E-state index contributed by atoms with van der Waals surface area (Å²) in [7, 11) is 16.0. The molecule has 0 spiro atoms. The highest BCUT2D eigenvalue weighted by Crippen LogP contribution is 2.28. The first-order valence-electron chi connectivity index (χ1n) is 12.9. The fourth-order valence-electron chi connectivity index (χ4n) is 4.47. The molecule has 10 atom stereocenters. The molecule has 15 nitrogen and oxygen atoms in total. The topological polar surface area (TPSA) is 157 Å². The van der Waals surface area contributed by atoms with Gasteiger partial charge in [0.15, 0.2) is 12.6 Å². The van der Waals surface area contributed by atoms with Crippen molar-refractivity contribution in [2.45, 2.75) is 68.3 Å². The van der Waals surface area contributed by atoms with E-state index in [4.69, 9.17) is 56.8 Å². The molecule has 10 unspecified atom stereocenters. The Morgan fingerprint density at radius 3 is 1.14 bits per heavy atom. The number of carbonyl (C=O) groups excluding carboxylic acids is 2. The summed E-state index contributed by atoms with van der Waals surface area (Å²) in [6.45, 7) is 5.55. The summed E-state index contributed by atoms with van der Waals surface area (Å²) in [5, 5.41) is 0. The molecule has 0 bridgehead atoms. The van der Waals surface area contributed by atoms with Crippen LogP contribution in [0.1, 0.15) is 6.92 Å². The maximum Gasteiger partial charge on any atom is 0.282 e. The number of isocyanates is 1. The molecule has 0 N–H and O–H groups in total. The number of rotatable bonds is 13. The molecule has 0 aromatic carbocycles. The number of amides is 1. The molecule has 0 saturated carbocycles. The van der Waals surface area contributed by atoms with Crippen LogP contribution in [0.3, 0.4) is 0 Å². The van der Waals surface area contributed by atoms with Gasteiger partial charge in [0, 0.05) is 76.7 Å². The number of hydrogen-bond donors (Lipinski definition) is 0. The van der Waals surface area contributed by atoms with Crippen LogP contribution in [-0.2, 0) is 66.4 Å². The normalized spacial score (nSPS) is 32.4. The van der Waals surface area contributed by atoms with Gasteiger partial charge in [-0.1, -0.05) is 6.58 Å². The third-order valence-electron chi connectivity index (χ3n) is 6.45. The van der Waals surface area contributed by atoms with Crippen molar-refractivity contribution >= 4 is 12.0 Å². The van der Waals surface area contributed by atoms with Gasteiger partial charge in [0.25, 0.3) is 5.91 Å². The first-order chi connectivity index (χ1) is 20.1. The Hall–Kier alpha value is -1.69. The summed E-state index contributed by atoms with van der Waals surface area (Å²) in [5.74, 6) is -0.611. The monoisotopic (exact) mass is 611 g/mol. The van der Waals surface area contributed by atoms with Crippen LogP contribution in [0.15, 0.2) is 17.1 Å². The Morgan fingerprint density at radius 1 is 0.619 bits per heavy atom. The van der Waals surface area contributed by atoms with E-state index in [2.05, 4.69) is 11.6 Å². The summed E-state index contributed by atoms with van der Waals surface area (Å²) < 4.78 is 64.7. The average Bonchev–Trinajstić information content (AvgIpc) is 3.00. The molecule has 1 amide bonds. The molecule has 0 aromatic heterocycles. The minimum Gasteiger partial charge on any atom is -0.382 e. The highest BCUT2D eigenvalue weighted by molar-refractivity contribution is 5.95. The second-order valence-corrected chi connectivity index (χ2v) is 8.96. The zero-order valence-corrected chi connectivity index (χ0v) is 26.6. The van der Waals surface area contributed by atoms with Crippen LogP contribution in [0.2, 0.25) is 0 Å². The lowest BCUT2D eigenvalue weighted by Crippen LogP contribution is -2.61. The van der Waals surface area contributed by atoms with Crippen molar-refractivity contribution in [3.8, 4) is 0 Å². The molecule has 2 aliphatic rings. The maximum absolute atomic E-state index is 10.2. The molecule has 2 fully saturated rings. The van der Waals surface area contributed by atoms with Crippen LogP contribution in [0.4, 0.5) is 0 Å². The third kappa shape index (κ3) is 11.8. The minimum atomic E-state index is -0.611. The Bertz CT molecular complexity index is 747. The first kappa shape index (κ1) is 40.3. The zero-order valence-electron chi connectivity index (χ0n) is 26.6. The summed E-state index contributed by atoms with van der Waals surface area (Å²) in [5.41, 5.74) is 0.244. The Morgan fingerprint density at radius 2 is 0.952 bits per heavy atom. The molecule has 42 heavy (non-hydrogen) atoms. The molecule has 0 aliphatic carbocycles. The van der Waals surface area contributed by atoms with Crippen molar-refractivity contribution < 1.29 is 66.4 Å². The van der Waals surface area contributed by atoms with Crippen molar-refractivity contribution in [2.75, 3.05) is 84.3 Å². The fourth-order valence-corrected chi connectivity index (χ4v) is 4.47. The third-order valence-corrected chi connectivity index (χ3v) is 6.45. The molecule has 0 aromatic rings. The Kier molecular flexibility index (Phi) is 21.9. The predicted octanol–water partition coefficient (Wildman–Crippen LogP) is 0.523. The SMILES string of the molecule is C=C(C)C(=O)N=C=O.COCC1OC(OC)C(OC)C(OC)C1OC.COCC1OC(OC)C(OC)C(OC)C1OC. The van der Waals surface area contributed by atoms with Gasteiger partial charge >= 0.3 is 0 Å². The predicted molar refractivity (Wildman–Crippen MR) is 148 cm³/mol. The van der Waals surface area contributed by atoms with Gasteiger partial charge in [-0.05, 0) is 6.92 Å². The smallest absolute Gasteiger partial charge is 0.282 e. The highest BCUT2D eigenvalue weighted by atomic mass is 16.7. The number of aliphatic imine (C=N–C) groups is 1. The lowest BCUT2D eigenvalue weighted by atomic mass is 9.98. The summed E-state index contributed by atoms with van der Waals surface area (Å²) in [6, 6.07) is 0. The van der Waals surface area contributed by atoms with Gasteiger partial charge in [0.1, 0.15) is 48.8 Å². The van der Waals surface area contributed by atoms with Crippen molar-refractivity contribution in [3.63, 3.8) is 0 Å². The van der Waals surface area contributed by atoms with E-state index >= 15 is 0 Å². The fraction of sp³-hybridized carbons (Fsp3) is 0.852. The number of nitrogens with zero attached hydrogens (tertiary/aromatic N) is 1. The van der Waals surface area contributed by atoms with E-state index in [9.17, 15) is 9.59 Å². The Balaban J connectivity index is 0.000000642. The number of carbonyl (C=O) groups is 1. The van der Waals surface area contributed by atoms with Gasteiger partial charge in [0.2, 0.25) is 6.08 Å². The summed E-state index contributed by atoms with van der Waals surface area (Å²) in [4.78, 5) is 22.4. The van der Waals surface area contributed by atoms with Gasteiger partial charge in [0.05, 0.1) is 13.2 Å². The van der Waals surface area contributed by atoms with Crippen molar-refractivity contribution in [1.82, 2.24) is 0 Å². The molecule has 246 valence electrons. The van der Waals surface area contributed by atoms with Gasteiger partial charge in [-0.25, -0.2) is 4.79 Å². The lowest BCUT2D eigenvalue weighted by molar-refractivity contribution is -0.307. The molecule has 0 radical (unpaired) electrons. The average molecular weight is 612 g/mol.